The largest absolute Gasteiger partial charge is 0.481 e. The molecule has 2 N–H and O–H groups in total. The lowest BCUT2D eigenvalue weighted by Crippen LogP contribution is -2.33. The number of carbonyl (C=O) groups is 2. The van der Waals surface area contributed by atoms with Crippen LogP contribution in [0.5, 0.6) is 0 Å². The second kappa shape index (κ2) is 5.72. The number of rotatable bonds is 5. The zero-order valence-corrected chi connectivity index (χ0v) is 10.5. The molecule has 0 saturated carbocycles. The van der Waals surface area contributed by atoms with Crippen molar-refractivity contribution in [1.29, 1.82) is 0 Å². The second-order valence-corrected chi connectivity index (χ2v) is 4.24. The zero-order chi connectivity index (χ0) is 13.0. The topological polar surface area (TPSA) is 71.3 Å². The van der Waals surface area contributed by atoms with E-state index in [9.17, 15) is 9.59 Å². The molecular weight excluding hydrogens is 244 g/mol. The Labute approximate surface area is 104 Å². The van der Waals surface area contributed by atoms with Crippen molar-refractivity contribution in [1.82, 2.24) is 9.88 Å². The maximum atomic E-state index is 11.7. The van der Waals surface area contributed by atoms with E-state index >= 15 is 0 Å². The predicted molar refractivity (Wildman–Crippen MR) is 64.2 cm³/mol. The number of hydrogen-bond acceptors (Lipinski definition) is 2. The summed E-state index contributed by atoms with van der Waals surface area (Å²) in [7, 11) is 1.70. The summed E-state index contributed by atoms with van der Waals surface area (Å²) in [5.41, 5.74) is 0.412. The number of carbonyl (C=O) groups excluding carboxylic acids is 1. The molecule has 94 valence electrons. The third kappa shape index (κ3) is 3.49. The Kier molecular flexibility index (Phi) is 4.57. The molecule has 0 aliphatic rings. The van der Waals surface area contributed by atoms with Gasteiger partial charge in [-0.25, -0.2) is 0 Å². The molecule has 6 heteroatoms. The van der Waals surface area contributed by atoms with Crippen LogP contribution < -0.4 is 5.32 Å². The van der Waals surface area contributed by atoms with Gasteiger partial charge in [-0.2, -0.15) is 0 Å². The second-order valence-electron chi connectivity index (χ2n) is 3.81. The van der Waals surface area contributed by atoms with Gasteiger partial charge in [0.1, 0.15) is 5.69 Å². The Balaban J connectivity index is 2.61. The van der Waals surface area contributed by atoms with Gasteiger partial charge in [0.05, 0.1) is 10.9 Å². The summed E-state index contributed by atoms with van der Waals surface area (Å²) < 4.78 is 1.60. The maximum absolute atomic E-state index is 11.7. The lowest BCUT2D eigenvalue weighted by atomic mass is 10.1. The van der Waals surface area contributed by atoms with Gasteiger partial charge in [0, 0.05) is 19.8 Å². The Hall–Kier alpha value is -1.49. The molecule has 5 nitrogen and oxygen atoms in total. The van der Waals surface area contributed by atoms with Crippen molar-refractivity contribution in [2.45, 2.75) is 13.3 Å². The molecule has 1 amide bonds. The van der Waals surface area contributed by atoms with Crippen molar-refractivity contribution < 1.29 is 14.7 Å². The van der Waals surface area contributed by atoms with E-state index in [4.69, 9.17) is 16.7 Å². The van der Waals surface area contributed by atoms with E-state index in [0.717, 1.165) is 0 Å². The summed E-state index contributed by atoms with van der Waals surface area (Å²) in [6, 6.07) is 1.54. The van der Waals surface area contributed by atoms with Crippen LogP contribution in [-0.2, 0) is 11.8 Å². The van der Waals surface area contributed by atoms with Gasteiger partial charge in [-0.05, 0) is 12.5 Å². The van der Waals surface area contributed by atoms with E-state index < -0.39 is 11.9 Å². The molecule has 0 saturated heterocycles. The van der Waals surface area contributed by atoms with Gasteiger partial charge < -0.3 is 15.0 Å². The molecular formula is C11H15ClN2O3. The summed E-state index contributed by atoms with van der Waals surface area (Å²) in [5, 5.41) is 11.9. The smallest absolute Gasteiger partial charge is 0.308 e. The van der Waals surface area contributed by atoms with Crippen molar-refractivity contribution >= 4 is 23.5 Å². The number of carboxylic acids is 1. The predicted octanol–water partition coefficient (Wildman–Crippen LogP) is 1.52. The van der Waals surface area contributed by atoms with Crippen LogP contribution >= 0.6 is 11.6 Å². The number of nitrogens with zero attached hydrogens (tertiary/aromatic N) is 1. The third-order valence-electron chi connectivity index (χ3n) is 2.56. The molecule has 0 aliphatic carbocycles. The average molecular weight is 259 g/mol. The van der Waals surface area contributed by atoms with Crippen LogP contribution in [0.3, 0.4) is 0 Å². The van der Waals surface area contributed by atoms with Crippen molar-refractivity contribution in [2.24, 2.45) is 13.0 Å². The summed E-state index contributed by atoms with van der Waals surface area (Å²) in [4.78, 5) is 22.5. The molecule has 0 spiro atoms. The van der Waals surface area contributed by atoms with E-state index in [-0.39, 0.29) is 12.5 Å². The minimum absolute atomic E-state index is 0.119. The fraction of sp³-hybridized carbons (Fsp3) is 0.455. The molecule has 1 rings (SSSR count). The van der Waals surface area contributed by atoms with Crippen LogP contribution in [0, 0.1) is 5.92 Å². The highest BCUT2D eigenvalue weighted by atomic mass is 35.5. The van der Waals surface area contributed by atoms with E-state index in [2.05, 4.69) is 5.32 Å². The zero-order valence-electron chi connectivity index (χ0n) is 9.74. The number of amides is 1. The first kappa shape index (κ1) is 13.6. The quantitative estimate of drug-likeness (QED) is 0.841. The van der Waals surface area contributed by atoms with Crippen LogP contribution in [0.4, 0.5) is 0 Å². The standard InChI is InChI=1S/C11H15ClN2O3/c1-3-7(11(16)17)5-13-10(15)9-4-8(12)6-14(9)2/h4,6-7H,3,5H2,1-2H3,(H,13,15)(H,16,17). The van der Waals surface area contributed by atoms with E-state index in [1.165, 1.54) is 0 Å². The third-order valence-corrected chi connectivity index (χ3v) is 2.76. The molecule has 1 atom stereocenters. The fourth-order valence-electron chi connectivity index (χ4n) is 1.46. The van der Waals surface area contributed by atoms with E-state index in [1.807, 2.05) is 0 Å². The highest BCUT2D eigenvalue weighted by Gasteiger charge is 2.17. The summed E-state index contributed by atoms with van der Waals surface area (Å²) in [6.45, 7) is 1.89. The minimum Gasteiger partial charge on any atom is -0.481 e. The summed E-state index contributed by atoms with van der Waals surface area (Å²) in [5.74, 6) is -1.79. The average Bonchev–Trinajstić information content (AvgIpc) is 2.58. The highest BCUT2D eigenvalue weighted by molar-refractivity contribution is 6.31. The number of carboxylic acid groups (broad SMARTS) is 1. The Morgan fingerprint density at radius 1 is 1.59 bits per heavy atom. The SMILES string of the molecule is CCC(CNC(=O)c1cc(Cl)cn1C)C(=O)O. The molecule has 1 aromatic rings. The van der Waals surface area contributed by atoms with Crippen LogP contribution in [0.2, 0.25) is 5.02 Å². The highest BCUT2D eigenvalue weighted by Crippen LogP contribution is 2.12. The van der Waals surface area contributed by atoms with Crippen LogP contribution in [0.15, 0.2) is 12.3 Å². The number of aliphatic carboxylic acids is 1. The lowest BCUT2D eigenvalue weighted by molar-refractivity contribution is -0.141. The molecule has 0 aromatic carbocycles. The van der Waals surface area contributed by atoms with Crippen molar-refractivity contribution in [3.63, 3.8) is 0 Å². The van der Waals surface area contributed by atoms with Gasteiger partial charge in [0.25, 0.3) is 5.91 Å². The lowest BCUT2D eigenvalue weighted by Gasteiger charge is -2.11. The maximum Gasteiger partial charge on any atom is 0.308 e. The minimum atomic E-state index is -0.905. The Morgan fingerprint density at radius 2 is 2.24 bits per heavy atom. The van der Waals surface area contributed by atoms with Gasteiger partial charge in [0.2, 0.25) is 0 Å². The number of aryl methyl sites for hydroxylation is 1. The normalized spacial score (nSPS) is 12.2. The number of halogens is 1. The van der Waals surface area contributed by atoms with Gasteiger partial charge in [-0.3, -0.25) is 9.59 Å². The molecule has 1 heterocycles. The van der Waals surface area contributed by atoms with E-state index in [1.54, 1.807) is 30.8 Å². The Morgan fingerprint density at radius 3 is 2.65 bits per heavy atom. The monoisotopic (exact) mass is 258 g/mol. The fourth-order valence-corrected chi connectivity index (χ4v) is 1.71. The molecule has 0 aliphatic heterocycles. The van der Waals surface area contributed by atoms with Gasteiger partial charge in [-0.15, -0.1) is 0 Å². The van der Waals surface area contributed by atoms with Crippen LogP contribution in [-0.4, -0.2) is 28.1 Å². The Bertz CT molecular complexity index is 428. The molecule has 1 aromatic heterocycles. The van der Waals surface area contributed by atoms with Crippen molar-refractivity contribution in [3.8, 4) is 0 Å². The van der Waals surface area contributed by atoms with Crippen LogP contribution in [0.25, 0.3) is 0 Å². The number of nitrogens with one attached hydrogen (secondary N) is 1. The van der Waals surface area contributed by atoms with Crippen LogP contribution in [0.1, 0.15) is 23.8 Å². The molecule has 0 bridgehead atoms. The number of aromatic nitrogens is 1. The van der Waals surface area contributed by atoms with E-state index in [0.29, 0.717) is 17.1 Å². The molecule has 17 heavy (non-hydrogen) atoms. The first-order valence-corrected chi connectivity index (χ1v) is 5.66. The van der Waals surface area contributed by atoms with Crippen molar-refractivity contribution in [3.05, 3.63) is 23.0 Å². The van der Waals surface area contributed by atoms with Crippen molar-refractivity contribution in [2.75, 3.05) is 6.54 Å². The number of hydrogen-bond donors (Lipinski definition) is 2. The van der Waals surface area contributed by atoms with Gasteiger partial charge in [0.15, 0.2) is 0 Å². The van der Waals surface area contributed by atoms with Gasteiger partial charge >= 0.3 is 5.97 Å². The van der Waals surface area contributed by atoms with Gasteiger partial charge in [-0.1, -0.05) is 18.5 Å². The first-order chi connectivity index (χ1) is 7.95. The summed E-state index contributed by atoms with van der Waals surface area (Å²) in [6.07, 6.45) is 2.09. The molecule has 1 unspecified atom stereocenters. The first-order valence-electron chi connectivity index (χ1n) is 5.28. The summed E-state index contributed by atoms with van der Waals surface area (Å²) >= 11 is 5.76. The molecule has 0 radical (unpaired) electrons. The molecule has 0 fully saturated rings.